The summed E-state index contributed by atoms with van der Waals surface area (Å²) in [6.07, 6.45) is -1.81. The summed E-state index contributed by atoms with van der Waals surface area (Å²) in [7, 11) is 0. The van der Waals surface area contributed by atoms with Crippen LogP contribution in [0, 0.1) is 5.82 Å². The SMILES string of the molecule is O=C(Cc1ccc(F)cc1)CC(O)O. The molecule has 0 aromatic heterocycles. The van der Waals surface area contributed by atoms with E-state index in [1.54, 1.807) is 0 Å². The first-order valence-corrected chi connectivity index (χ1v) is 4.20. The van der Waals surface area contributed by atoms with Crippen molar-refractivity contribution in [3.05, 3.63) is 35.6 Å². The molecule has 0 aliphatic carbocycles. The van der Waals surface area contributed by atoms with Crippen LogP contribution in [0.15, 0.2) is 24.3 Å². The second-order valence-electron chi connectivity index (χ2n) is 3.03. The normalized spacial score (nSPS) is 10.6. The Bertz CT molecular complexity index is 306. The summed E-state index contributed by atoms with van der Waals surface area (Å²) in [4.78, 5) is 11.1. The highest BCUT2D eigenvalue weighted by atomic mass is 19.1. The van der Waals surface area contributed by atoms with Crippen LogP contribution >= 0.6 is 0 Å². The molecule has 0 saturated heterocycles. The second kappa shape index (κ2) is 4.83. The molecule has 14 heavy (non-hydrogen) atoms. The van der Waals surface area contributed by atoms with E-state index in [4.69, 9.17) is 10.2 Å². The highest BCUT2D eigenvalue weighted by Crippen LogP contribution is 2.05. The highest BCUT2D eigenvalue weighted by Gasteiger charge is 2.08. The Labute approximate surface area is 80.8 Å². The molecular formula is C10H11FO3. The summed E-state index contributed by atoms with van der Waals surface area (Å²) in [6.45, 7) is 0. The van der Waals surface area contributed by atoms with E-state index in [2.05, 4.69) is 0 Å². The number of aliphatic hydroxyl groups is 2. The lowest BCUT2D eigenvalue weighted by atomic mass is 10.1. The van der Waals surface area contributed by atoms with Gasteiger partial charge in [0.25, 0.3) is 0 Å². The van der Waals surface area contributed by atoms with Crippen molar-refractivity contribution >= 4 is 5.78 Å². The molecule has 0 aliphatic heterocycles. The fourth-order valence-corrected chi connectivity index (χ4v) is 1.11. The Morgan fingerprint density at radius 1 is 1.29 bits per heavy atom. The largest absolute Gasteiger partial charge is 0.368 e. The highest BCUT2D eigenvalue weighted by molar-refractivity contribution is 5.81. The molecule has 3 nitrogen and oxygen atoms in total. The number of benzene rings is 1. The van der Waals surface area contributed by atoms with E-state index in [1.807, 2.05) is 0 Å². The van der Waals surface area contributed by atoms with Crippen LogP contribution in [-0.4, -0.2) is 22.3 Å². The van der Waals surface area contributed by atoms with Crippen molar-refractivity contribution in [1.29, 1.82) is 0 Å². The topological polar surface area (TPSA) is 57.5 Å². The molecule has 0 heterocycles. The van der Waals surface area contributed by atoms with Crippen molar-refractivity contribution in [1.82, 2.24) is 0 Å². The molecule has 0 amide bonds. The van der Waals surface area contributed by atoms with E-state index in [0.29, 0.717) is 5.56 Å². The predicted molar refractivity (Wildman–Crippen MR) is 48.0 cm³/mol. The van der Waals surface area contributed by atoms with Gasteiger partial charge in [0.2, 0.25) is 0 Å². The number of halogens is 1. The molecule has 1 aromatic rings. The summed E-state index contributed by atoms with van der Waals surface area (Å²) in [5.41, 5.74) is 0.664. The van der Waals surface area contributed by atoms with Gasteiger partial charge < -0.3 is 10.2 Å². The van der Waals surface area contributed by atoms with Gasteiger partial charge in [-0.3, -0.25) is 4.79 Å². The Morgan fingerprint density at radius 2 is 1.86 bits per heavy atom. The number of aliphatic hydroxyl groups excluding tert-OH is 1. The molecule has 1 rings (SSSR count). The summed E-state index contributed by atoms with van der Waals surface area (Å²) >= 11 is 0. The van der Waals surface area contributed by atoms with Gasteiger partial charge in [-0.1, -0.05) is 12.1 Å². The van der Waals surface area contributed by atoms with Crippen LogP contribution in [0.5, 0.6) is 0 Å². The third kappa shape index (κ3) is 3.64. The van der Waals surface area contributed by atoms with Crippen LogP contribution < -0.4 is 0 Å². The first-order chi connectivity index (χ1) is 6.58. The monoisotopic (exact) mass is 198 g/mol. The summed E-state index contributed by atoms with van der Waals surface area (Å²) in [6, 6.07) is 5.52. The fourth-order valence-electron chi connectivity index (χ4n) is 1.11. The maximum absolute atomic E-state index is 12.5. The quantitative estimate of drug-likeness (QED) is 0.698. The van der Waals surface area contributed by atoms with Gasteiger partial charge in [-0.25, -0.2) is 4.39 Å². The number of hydrogen-bond acceptors (Lipinski definition) is 3. The standard InChI is InChI=1S/C10H11FO3/c11-8-3-1-7(2-4-8)5-9(12)6-10(13)14/h1-4,10,13-14H,5-6H2. The van der Waals surface area contributed by atoms with Gasteiger partial charge >= 0.3 is 0 Å². The van der Waals surface area contributed by atoms with Gasteiger partial charge in [0.05, 0.1) is 6.42 Å². The van der Waals surface area contributed by atoms with Crippen LogP contribution in [0.4, 0.5) is 4.39 Å². The molecule has 2 N–H and O–H groups in total. The van der Waals surface area contributed by atoms with Gasteiger partial charge in [0.15, 0.2) is 6.29 Å². The zero-order chi connectivity index (χ0) is 10.6. The van der Waals surface area contributed by atoms with Crippen LogP contribution in [0.3, 0.4) is 0 Å². The molecule has 0 bridgehead atoms. The van der Waals surface area contributed by atoms with Gasteiger partial charge in [0.1, 0.15) is 11.6 Å². The number of carbonyl (C=O) groups excluding carboxylic acids is 1. The minimum absolute atomic E-state index is 0.0951. The van der Waals surface area contributed by atoms with E-state index in [9.17, 15) is 9.18 Å². The van der Waals surface area contributed by atoms with E-state index < -0.39 is 6.29 Å². The van der Waals surface area contributed by atoms with Crippen LogP contribution in [0.1, 0.15) is 12.0 Å². The van der Waals surface area contributed by atoms with Crippen LogP contribution in [-0.2, 0) is 11.2 Å². The molecule has 0 atom stereocenters. The number of ketones is 1. The molecule has 4 heteroatoms. The van der Waals surface area contributed by atoms with Crippen molar-refractivity contribution < 1.29 is 19.4 Å². The average molecular weight is 198 g/mol. The predicted octanol–water partition coefficient (Wildman–Crippen LogP) is 0.638. The van der Waals surface area contributed by atoms with E-state index >= 15 is 0 Å². The molecule has 0 aliphatic rings. The maximum atomic E-state index is 12.5. The second-order valence-corrected chi connectivity index (χ2v) is 3.03. The van der Waals surface area contributed by atoms with Crippen molar-refractivity contribution in [2.75, 3.05) is 0 Å². The molecule has 0 radical (unpaired) electrons. The lowest BCUT2D eigenvalue weighted by Crippen LogP contribution is -2.13. The van der Waals surface area contributed by atoms with Crippen molar-refractivity contribution in [3.8, 4) is 0 Å². The Morgan fingerprint density at radius 3 is 2.36 bits per heavy atom. The summed E-state index contributed by atoms with van der Waals surface area (Å²) in [5, 5.41) is 17.0. The molecule has 76 valence electrons. The number of carbonyl (C=O) groups is 1. The summed E-state index contributed by atoms with van der Waals surface area (Å²) in [5.74, 6) is -0.644. The molecule has 0 spiro atoms. The van der Waals surface area contributed by atoms with Gasteiger partial charge in [-0.15, -0.1) is 0 Å². The van der Waals surface area contributed by atoms with E-state index in [1.165, 1.54) is 24.3 Å². The third-order valence-electron chi connectivity index (χ3n) is 1.72. The third-order valence-corrected chi connectivity index (χ3v) is 1.72. The molecule has 0 fully saturated rings. The zero-order valence-electron chi connectivity index (χ0n) is 7.48. The van der Waals surface area contributed by atoms with Gasteiger partial charge in [-0.2, -0.15) is 0 Å². The zero-order valence-corrected chi connectivity index (χ0v) is 7.48. The van der Waals surface area contributed by atoms with Crippen LogP contribution in [0.25, 0.3) is 0 Å². The smallest absolute Gasteiger partial charge is 0.158 e. The first kappa shape index (κ1) is 10.8. The minimum Gasteiger partial charge on any atom is -0.368 e. The van der Waals surface area contributed by atoms with Gasteiger partial charge in [0, 0.05) is 6.42 Å². The molecule has 0 saturated carbocycles. The fraction of sp³-hybridized carbons (Fsp3) is 0.300. The lowest BCUT2D eigenvalue weighted by Gasteiger charge is -2.02. The Balaban J connectivity index is 2.52. The molecular weight excluding hydrogens is 187 g/mol. The summed E-state index contributed by atoms with van der Waals surface area (Å²) < 4.78 is 12.5. The Hall–Kier alpha value is -1.26. The number of hydrogen-bond donors (Lipinski definition) is 2. The number of rotatable bonds is 4. The van der Waals surface area contributed by atoms with Crippen molar-refractivity contribution in [3.63, 3.8) is 0 Å². The average Bonchev–Trinajstić information content (AvgIpc) is 2.07. The van der Waals surface area contributed by atoms with Gasteiger partial charge in [-0.05, 0) is 17.7 Å². The molecule has 1 aromatic carbocycles. The van der Waals surface area contributed by atoms with E-state index in [-0.39, 0.29) is 24.4 Å². The minimum atomic E-state index is -1.61. The van der Waals surface area contributed by atoms with Crippen LogP contribution in [0.2, 0.25) is 0 Å². The van der Waals surface area contributed by atoms with Crippen molar-refractivity contribution in [2.45, 2.75) is 19.1 Å². The lowest BCUT2D eigenvalue weighted by molar-refractivity contribution is -0.126. The Kier molecular flexibility index (Phi) is 3.73. The van der Waals surface area contributed by atoms with Crippen molar-refractivity contribution in [2.24, 2.45) is 0 Å². The molecule has 0 unspecified atom stereocenters. The maximum Gasteiger partial charge on any atom is 0.158 e. The van der Waals surface area contributed by atoms with E-state index in [0.717, 1.165) is 0 Å². The first-order valence-electron chi connectivity index (χ1n) is 4.20. The number of Topliss-reactive ketones (excluding diaryl/α,β-unsaturated/α-hetero) is 1.